The van der Waals surface area contributed by atoms with Gasteiger partial charge in [0.15, 0.2) is 11.5 Å². The molecular weight excluding hydrogens is 228 g/mol. The predicted molar refractivity (Wildman–Crippen MR) is 71.3 cm³/mol. The quantitative estimate of drug-likeness (QED) is 0.895. The number of methoxy groups -OCH3 is 1. The Bertz CT molecular complexity index is 535. The molecule has 0 heterocycles. The average molecular weight is 244 g/mol. The minimum atomic E-state index is 0.141. The Labute approximate surface area is 107 Å². The van der Waals surface area contributed by atoms with E-state index >= 15 is 0 Å². The number of aromatic hydroxyl groups is 1. The predicted octanol–water partition coefficient (Wildman–Crippen LogP) is 3.47. The van der Waals surface area contributed by atoms with Gasteiger partial charge < -0.3 is 14.6 Å². The van der Waals surface area contributed by atoms with E-state index in [-0.39, 0.29) is 5.75 Å². The second kappa shape index (κ2) is 5.45. The van der Waals surface area contributed by atoms with E-state index in [4.69, 9.17) is 9.47 Å². The third-order valence-electron chi connectivity index (χ3n) is 2.66. The Morgan fingerprint density at radius 1 is 1.06 bits per heavy atom. The molecule has 0 saturated carbocycles. The van der Waals surface area contributed by atoms with Gasteiger partial charge >= 0.3 is 0 Å². The lowest BCUT2D eigenvalue weighted by Gasteiger charge is -2.08. The minimum Gasteiger partial charge on any atom is -0.504 e. The normalized spacial score (nSPS) is 10.1. The van der Waals surface area contributed by atoms with Crippen LogP contribution in [0, 0.1) is 0 Å². The van der Waals surface area contributed by atoms with E-state index in [0.717, 1.165) is 16.9 Å². The second-order valence-corrected chi connectivity index (χ2v) is 3.85. The fourth-order valence-corrected chi connectivity index (χ4v) is 1.79. The summed E-state index contributed by atoms with van der Waals surface area (Å²) in [5, 5.41) is 9.57. The molecule has 18 heavy (non-hydrogen) atoms. The van der Waals surface area contributed by atoms with Crippen LogP contribution < -0.4 is 9.47 Å². The SMILES string of the molecule is CCOc1cccc(-c2ccc(O)c(OC)c2)c1. The zero-order valence-electron chi connectivity index (χ0n) is 10.5. The molecule has 0 aliphatic carbocycles. The third kappa shape index (κ3) is 2.56. The number of hydrogen-bond acceptors (Lipinski definition) is 3. The molecule has 0 unspecified atom stereocenters. The van der Waals surface area contributed by atoms with Gasteiger partial charge in [-0.05, 0) is 42.3 Å². The van der Waals surface area contributed by atoms with E-state index in [1.54, 1.807) is 12.1 Å². The van der Waals surface area contributed by atoms with Crippen LogP contribution in [0.15, 0.2) is 42.5 Å². The van der Waals surface area contributed by atoms with Gasteiger partial charge in [-0.15, -0.1) is 0 Å². The van der Waals surface area contributed by atoms with Crippen LogP contribution >= 0.6 is 0 Å². The molecule has 0 aromatic heterocycles. The van der Waals surface area contributed by atoms with Gasteiger partial charge in [-0.2, -0.15) is 0 Å². The van der Waals surface area contributed by atoms with Crippen molar-refractivity contribution < 1.29 is 14.6 Å². The maximum atomic E-state index is 9.57. The maximum Gasteiger partial charge on any atom is 0.161 e. The summed E-state index contributed by atoms with van der Waals surface area (Å²) < 4.78 is 10.6. The third-order valence-corrected chi connectivity index (χ3v) is 2.66. The summed E-state index contributed by atoms with van der Waals surface area (Å²) in [4.78, 5) is 0. The summed E-state index contributed by atoms with van der Waals surface area (Å²) in [7, 11) is 1.54. The summed E-state index contributed by atoms with van der Waals surface area (Å²) >= 11 is 0. The molecule has 94 valence electrons. The van der Waals surface area contributed by atoms with E-state index in [2.05, 4.69) is 0 Å². The van der Waals surface area contributed by atoms with Gasteiger partial charge in [-0.3, -0.25) is 0 Å². The molecule has 2 aromatic rings. The van der Waals surface area contributed by atoms with Crippen molar-refractivity contribution in [2.75, 3.05) is 13.7 Å². The van der Waals surface area contributed by atoms with Gasteiger partial charge in [0.05, 0.1) is 13.7 Å². The van der Waals surface area contributed by atoms with Crippen molar-refractivity contribution in [3.8, 4) is 28.4 Å². The molecule has 2 rings (SSSR count). The van der Waals surface area contributed by atoms with E-state index in [1.807, 2.05) is 37.3 Å². The molecule has 0 aliphatic heterocycles. The Morgan fingerprint density at radius 2 is 1.83 bits per heavy atom. The molecular formula is C15H16O3. The summed E-state index contributed by atoms with van der Waals surface area (Å²) in [6.07, 6.45) is 0. The summed E-state index contributed by atoms with van der Waals surface area (Å²) in [5.41, 5.74) is 2.01. The summed E-state index contributed by atoms with van der Waals surface area (Å²) in [5.74, 6) is 1.44. The standard InChI is InChI=1S/C15H16O3/c1-3-18-13-6-4-5-11(9-13)12-7-8-14(16)15(10-12)17-2/h4-10,16H,3H2,1-2H3. The molecule has 2 aromatic carbocycles. The number of hydrogen-bond donors (Lipinski definition) is 1. The molecule has 0 bridgehead atoms. The molecule has 0 saturated heterocycles. The smallest absolute Gasteiger partial charge is 0.161 e. The summed E-state index contributed by atoms with van der Waals surface area (Å²) in [6.45, 7) is 2.60. The van der Waals surface area contributed by atoms with Crippen molar-refractivity contribution in [3.63, 3.8) is 0 Å². The van der Waals surface area contributed by atoms with E-state index < -0.39 is 0 Å². The minimum absolute atomic E-state index is 0.141. The van der Waals surface area contributed by atoms with Crippen LogP contribution in [0.25, 0.3) is 11.1 Å². The highest BCUT2D eigenvalue weighted by atomic mass is 16.5. The van der Waals surface area contributed by atoms with E-state index in [9.17, 15) is 5.11 Å². The van der Waals surface area contributed by atoms with Crippen molar-refractivity contribution in [2.24, 2.45) is 0 Å². The van der Waals surface area contributed by atoms with Crippen LogP contribution in [-0.4, -0.2) is 18.8 Å². The number of phenolic OH excluding ortho intramolecular Hbond substituents is 1. The lowest BCUT2D eigenvalue weighted by molar-refractivity contribution is 0.340. The first kappa shape index (κ1) is 12.3. The fraction of sp³-hybridized carbons (Fsp3) is 0.200. The zero-order valence-corrected chi connectivity index (χ0v) is 10.5. The highest BCUT2D eigenvalue weighted by Gasteiger charge is 2.05. The van der Waals surface area contributed by atoms with Gasteiger partial charge in [-0.25, -0.2) is 0 Å². The monoisotopic (exact) mass is 244 g/mol. The lowest BCUT2D eigenvalue weighted by Crippen LogP contribution is -1.91. The lowest BCUT2D eigenvalue weighted by atomic mass is 10.0. The molecule has 0 atom stereocenters. The molecule has 0 fully saturated rings. The molecule has 0 aliphatic rings. The number of rotatable bonds is 4. The van der Waals surface area contributed by atoms with Crippen molar-refractivity contribution in [1.82, 2.24) is 0 Å². The van der Waals surface area contributed by atoms with Crippen molar-refractivity contribution in [2.45, 2.75) is 6.92 Å². The van der Waals surface area contributed by atoms with Crippen molar-refractivity contribution >= 4 is 0 Å². The van der Waals surface area contributed by atoms with Crippen LogP contribution in [-0.2, 0) is 0 Å². The number of phenols is 1. The molecule has 0 radical (unpaired) electrons. The number of benzene rings is 2. The Kier molecular flexibility index (Phi) is 3.72. The van der Waals surface area contributed by atoms with Crippen LogP contribution in [0.4, 0.5) is 0 Å². The van der Waals surface area contributed by atoms with Gasteiger partial charge in [0.25, 0.3) is 0 Å². The first-order chi connectivity index (χ1) is 8.74. The molecule has 0 spiro atoms. The zero-order chi connectivity index (χ0) is 13.0. The average Bonchev–Trinajstić information content (AvgIpc) is 2.40. The van der Waals surface area contributed by atoms with Gasteiger partial charge in [0, 0.05) is 0 Å². The van der Waals surface area contributed by atoms with Crippen LogP contribution in [0.3, 0.4) is 0 Å². The van der Waals surface area contributed by atoms with E-state index in [1.165, 1.54) is 7.11 Å². The highest BCUT2D eigenvalue weighted by molar-refractivity contribution is 5.68. The maximum absolute atomic E-state index is 9.57. The van der Waals surface area contributed by atoms with Crippen LogP contribution in [0.5, 0.6) is 17.2 Å². The topological polar surface area (TPSA) is 38.7 Å². The largest absolute Gasteiger partial charge is 0.504 e. The van der Waals surface area contributed by atoms with Crippen molar-refractivity contribution in [1.29, 1.82) is 0 Å². The first-order valence-electron chi connectivity index (χ1n) is 5.85. The second-order valence-electron chi connectivity index (χ2n) is 3.85. The molecule has 1 N–H and O–H groups in total. The van der Waals surface area contributed by atoms with Gasteiger partial charge in [0.2, 0.25) is 0 Å². The van der Waals surface area contributed by atoms with Gasteiger partial charge in [0.1, 0.15) is 5.75 Å². The van der Waals surface area contributed by atoms with Crippen molar-refractivity contribution in [3.05, 3.63) is 42.5 Å². The van der Waals surface area contributed by atoms with E-state index in [0.29, 0.717) is 12.4 Å². The Morgan fingerprint density at radius 3 is 2.56 bits per heavy atom. The first-order valence-corrected chi connectivity index (χ1v) is 5.85. The molecule has 0 amide bonds. The molecule has 3 nitrogen and oxygen atoms in total. The Balaban J connectivity index is 2.38. The van der Waals surface area contributed by atoms with Gasteiger partial charge in [-0.1, -0.05) is 18.2 Å². The molecule has 3 heteroatoms. The summed E-state index contributed by atoms with van der Waals surface area (Å²) in [6, 6.07) is 13.1. The van der Waals surface area contributed by atoms with Crippen LogP contribution in [0.2, 0.25) is 0 Å². The Hall–Kier alpha value is -2.16. The number of ether oxygens (including phenoxy) is 2. The van der Waals surface area contributed by atoms with Crippen LogP contribution in [0.1, 0.15) is 6.92 Å². The fourth-order valence-electron chi connectivity index (χ4n) is 1.79. The highest BCUT2D eigenvalue weighted by Crippen LogP contribution is 2.32.